The number of nitrogens with one attached hydrogen (secondary N) is 1. The van der Waals surface area contributed by atoms with Crippen LogP contribution in [0.1, 0.15) is 54.8 Å². The molecule has 1 aromatic carbocycles. The summed E-state index contributed by atoms with van der Waals surface area (Å²) in [5.41, 5.74) is 0.728. The number of esters is 1. The van der Waals surface area contributed by atoms with Gasteiger partial charge in [0.25, 0.3) is 0 Å². The van der Waals surface area contributed by atoms with Gasteiger partial charge in [-0.3, -0.25) is 14.5 Å². The number of likely N-dealkylation sites (tertiary alicyclic amines) is 1. The number of rotatable bonds is 7. The van der Waals surface area contributed by atoms with E-state index in [4.69, 9.17) is 14.2 Å². The SMILES string of the molecule is CCCCNC(=O)[C@H]1CCC(=O)N1[C@@H]1OC(=O)c2c1ccc(OC)c2OC. The molecule has 146 valence electrons. The second-order valence-corrected chi connectivity index (χ2v) is 6.52. The highest BCUT2D eigenvalue weighted by Gasteiger charge is 2.47. The van der Waals surface area contributed by atoms with E-state index >= 15 is 0 Å². The zero-order chi connectivity index (χ0) is 19.6. The third kappa shape index (κ3) is 3.31. The van der Waals surface area contributed by atoms with Crippen LogP contribution < -0.4 is 14.8 Å². The quantitative estimate of drug-likeness (QED) is 0.576. The average Bonchev–Trinajstić information content (AvgIpc) is 3.21. The summed E-state index contributed by atoms with van der Waals surface area (Å²) in [6, 6.07) is 2.67. The van der Waals surface area contributed by atoms with Crippen LogP contribution in [-0.4, -0.2) is 49.5 Å². The van der Waals surface area contributed by atoms with Gasteiger partial charge in [0, 0.05) is 18.5 Å². The Hall–Kier alpha value is -2.77. The zero-order valence-electron chi connectivity index (χ0n) is 15.7. The molecule has 2 atom stereocenters. The molecule has 8 heteroatoms. The van der Waals surface area contributed by atoms with Crippen molar-refractivity contribution in [1.29, 1.82) is 0 Å². The molecule has 1 aromatic rings. The number of fused-ring (bicyclic) bond motifs is 1. The standard InChI is InChI=1S/C19H24N2O6/c1-4-5-10-20-17(23)12-7-9-14(22)21(12)18-11-6-8-13(25-2)16(26-3)15(11)19(24)27-18/h6,8,12,18H,4-5,7,9-10H2,1-3H3,(H,20,23)/t12-,18-/m1/s1. The van der Waals surface area contributed by atoms with E-state index in [0.29, 0.717) is 24.3 Å². The zero-order valence-corrected chi connectivity index (χ0v) is 15.7. The number of cyclic esters (lactones) is 1. The molecule has 2 amide bonds. The molecule has 8 nitrogen and oxygen atoms in total. The number of carbonyl (C=O) groups excluding carboxylic acids is 3. The number of carbonyl (C=O) groups is 3. The minimum atomic E-state index is -0.941. The summed E-state index contributed by atoms with van der Waals surface area (Å²) in [6.07, 6.45) is 1.52. The van der Waals surface area contributed by atoms with E-state index in [1.807, 2.05) is 6.92 Å². The molecule has 2 aliphatic heterocycles. The lowest BCUT2D eigenvalue weighted by molar-refractivity contribution is -0.145. The molecule has 2 heterocycles. The van der Waals surface area contributed by atoms with Crippen molar-refractivity contribution in [1.82, 2.24) is 10.2 Å². The van der Waals surface area contributed by atoms with Crippen molar-refractivity contribution in [2.24, 2.45) is 0 Å². The lowest BCUT2D eigenvalue weighted by atomic mass is 10.1. The van der Waals surface area contributed by atoms with Crippen LogP contribution >= 0.6 is 0 Å². The summed E-state index contributed by atoms with van der Waals surface area (Å²) < 4.78 is 16.0. The first-order chi connectivity index (χ1) is 13.0. The predicted molar refractivity (Wildman–Crippen MR) is 95.5 cm³/mol. The Morgan fingerprint density at radius 3 is 2.74 bits per heavy atom. The molecular formula is C19H24N2O6. The van der Waals surface area contributed by atoms with E-state index in [2.05, 4.69) is 5.32 Å². The average molecular weight is 376 g/mol. The smallest absolute Gasteiger partial charge is 0.344 e. The van der Waals surface area contributed by atoms with Crippen LogP contribution in [0.3, 0.4) is 0 Å². The maximum Gasteiger partial charge on any atom is 0.344 e. The lowest BCUT2D eigenvalue weighted by Crippen LogP contribution is -2.46. The van der Waals surface area contributed by atoms with Gasteiger partial charge in [-0.05, 0) is 25.0 Å². The predicted octanol–water partition coefficient (Wildman–Crippen LogP) is 1.78. The fourth-order valence-electron chi connectivity index (χ4n) is 3.55. The Bertz CT molecular complexity index is 763. The van der Waals surface area contributed by atoms with Crippen molar-refractivity contribution in [2.45, 2.75) is 44.9 Å². The van der Waals surface area contributed by atoms with Crippen LogP contribution in [-0.2, 0) is 14.3 Å². The number of hydrogen-bond acceptors (Lipinski definition) is 6. The van der Waals surface area contributed by atoms with Gasteiger partial charge in [0.05, 0.1) is 14.2 Å². The summed E-state index contributed by atoms with van der Waals surface area (Å²) in [5, 5.41) is 2.86. The fraction of sp³-hybridized carbons (Fsp3) is 0.526. The first kappa shape index (κ1) is 19.0. The molecule has 1 fully saturated rings. The first-order valence-corrected chi connectivity index (χ1v) is 9.08. The number of benzene rings is 1. The number of unbranched alkanes of at least 4 members (excludes halogenated alkanes) is 1. The van der Waals surface area contributed by atoms with E-state index in [1.165, 1.54) is 19.1 Å². The van der Waals surface area contributed by atoms with Gasteiger partial charge in [-0.15, -0.1) is 0 Å². The molecule has 0 bridgehead atoms. The molecule has 27 heavy (non-hydrogen) atoms. The monoisotopic (exact) mass is 376 g/mol. The Labute approximate surface area is 157 Å². The number of hydrogen-bond donors (Lipinski definition) is 1. The third-order valence-electron chi connectivity index (χ3n) is 4.91. The molecule has 0 radical (unpaired) electrons. The van der Waals surface area contributed by atoms with Crippen LogP contribution in [0.2, 0.25) is 0 Å². The van der Waals surface area contributed by atoms with Crippen LogP contribution in [0.5, 0.6) is 11.5 Å². The summed E-state index contributed by atoms with van der Waals surface area (Å²) in [6.45, 7) is 2.59. The van der Waals surface area contributed by atoms with Crippen molar-refractivity contribution < 1.29 is 28.6 Å². The maximum atomic E-state index is 12.6. The molecule has 0 aromatic heterocycles. The number of ether oxygens (including phenoxy) is 3. The molecular weight excluding hydrogens is 352 g/mol. The van der Waals surface area contributed by atoms with Gasteiger partial charge in [-0.1, -0.05) is 13.3 Å². The fourth-order valence-corrected chi connectivity index (χ4v) is 3.55. The minimum Gasteiger partial charge on any atom is -0.493 e. The Kier molecular flexibility index (Phi) is 5.53. The molecule has 1 saturated heterocycles. The van der Waals surface area contributed by atoms with Gasteiger partial charge in [-0.25, -0.2) is 4.79 Å². The summed E-state index contributed by atoms with van der Waals surface area (Å²) >= 11 is 0. The highest BCUT2D eigenvalue weighted by molar-refractivity contribution is 5.99. The highest BCUT2D eigenvalue weighted by Crippen LogP contribution is 2.45. The third-order valence-corrected chi connectivity index (χ3v) is 4.91. The van der Waals surface area contributed by atoms with Crippen LogP contribution in [0, 0.1) is 0 Å². The van der Waals surface area contributed by atoms with Crippen LogP contribution in [0.25, 0.3) is 0 Å². The normalized spacial score (nSPS) is 21.1. The van der Waals surface area contributed by atoms with Gasteiger partial charge < -0.3 is 19.5 Å². The van der Waals surface area contributed by atoms with E-state index < -0.39 is 18.2 Å². The minimum absolute atomic E-state index is 0.217. The summed E-state index contributed by atoms with van der Waals surface area (Å²) in [4.78, 5) is 38.9. The Balaban J connectivity index is 1.91. The van der Waals surface area contributed by atoms with Crippen LogP contribution in [0.4, 0.5) is 0 Å². The largest absolute Gasteiger partial charge is 0.493 e. The summed E-state index contributed by atoms with van der Waals surface area (Å²) in [7, 11) is 2.91. The topological polar surface area (TPSA) is 94.2 Å². The van der Waals surface area contributed by atoms with E-state index in [9.17, 15) is 14.4 Å². The Morgan fingerprint density at radius 2 is 2.07 bits per heavy atom. The van der Waals surface area contributed by atoms with Gasteiger partial charge >= 0.3 is 5.97 Å². The van der Waals surface area contributed by atoms with Gasteiger partial charge in [0.2, 0.25) is 18.0 Å². The van der Waals surface area contributed by atoms with Crippen molar-refractivity contribution in [3.05, 3.63) is 23.3 Å². The second kappa shape index (κ2) is 7.85. The summed E-state index contributed by atoms with van der Waals surface area (Å²) in [5.74, 6) is -0.380. The number of nitrogens with zero attached hydrogens (tertiary/aromatic N) is 1. The molecule has 3 rings (SSSR count). The highest BCUT2D eigenvalue weighted by atomic mass is 16.6. The molecule has 0 aliphatic carbocycles. The van der Waals surface area contributed by atoms with E-state index in [0.717, 1.165) is 12.8 Å². The Morgan fingerprint density at radius 1 is 1.30 bits per heavy atom. The van der Waals surface area contributed by atoms with Gasteiger partial charge in [-0.2, -0.15) is 0 Å². The lowest BCUT2D eigenvalue weighted by Gasteiger charge is -2.29. The van der Waals surface area contributed by atoms with Gasteiger partial charge in [0.15, 0.2) is 11.5 Å². The van der Waals surface area contributed by atoms with Crippen molar-refractivity contribution in [3.8, 4) is 11.5 Å². The van der Waals surface area contributed by atoms with E-state index in [-0.39, 0.29) is 29.5 Å². The van der Waals surface area contributed by atoms with Crippen molar-refractivity contribution in [2.75, 3.05) is 20.8 Å². The molecule has 0 spiro atoms. The number of amides is 2. The molecule has 2 aliphatic rings. The first-order valence-electron chi connectivity index (χ1n) is 9.08. The molecule has 0 unspecified atom stereocenters. The maximum absolute atomic E-state index is 12.6. The van der Waals surface area contributed by atoms with Crippen molar-refractivity contribution >= 4 is 17.8 Å². The van der Waals surface area contributed by atoms with Crippen LogP contribution in [0.15, 0.2) is 12.1 Å². The molecule has 1 N–H and O–H groups in total. The number of methoxy groups -OCH3 is 2. The molecule has 0 saturated carbocycles. The van der Waals surface area contributed by atoms with Crippen molar-refractivity contribution in [3.63, 3.8) is 0 Å². The van der Waals surface area contributed by atoms with E-state index in [1.54, 1.807) is 12.1 Å². The second-order valence-electron chi connectivity index (χ2n) is 6.52. The van der Waals surface area contributed by atoms with Gasteiger partial charge in [0.1, 0.15) is 11.6 Å².